The van der Waals surface area contributed by atoms with E-state index in [0.29, 0.717) is 10.5 Å². The fourth-order valence-electron chi connectivity index (χ4n) is 4.58. The van der Waals surface area contributed by atoms with Crippen LogP contribution >= 0.6 is 0 Å². The normalized spacial score (nSPS) is 35.7. The molecule has 3 aliphatic heterocycles. The molecule has 222 valence electrons. The fourth-order valence-corrected chi connectivity index (χ4v) is 4.58. The second-order valence-electron chi connectivity index (χ2n) is 9.41. The number of quaternary nitrogens is 1. The Morgan fingerprint density at radius 1 is 1.20 bits per heavy atom. The topological polar surface area (TPSA) is 237 Å². The van der Waals surface area contributed by atoms with Crippen LogP contribution < -0.4 is 4.90 Å². The highest BCUT2D eigenvalue weighted by atomic mass is 16.8. The van der Waals surface area contributed by atoms with E-state index in [-0.39, 0.29) is 25.3 Å². The van der Waals surface area contributed by atoms with Crippen molar-refractivity contribution in [2.75, 3.05) is 33.4 Å². The van der Waals surface area contributed by atoms with Crippen LogP contribution in [-0.4, -0.2) is 128 Å². The molecular weight excluding hydrogens is 538 g/mol. The molecule has 0 aromatic heterocycles. The summed E-state index contributed by atoms with van der Waals surface area (Å²) < 4.78 is 21.1. The summed E-state index contributed by atoms with van der Waals surface area (Å²) in [4.78, 5) is 24.8. The van der Waals surface area contributed by atoms with Crippen molar-refractivity contribution in [1.82, 2.24) is 0 Å². The number of aliphatic hydroxyl groups is 7. The quantitative estimate of drug-likeness (QED) is 0.0681. The molecular formula is C25H34NO14+. The number of esters is 1. The zero-order chi connectivity index (χ0) is 29.8. The minimum atomic E-state index is -3.15. The molecule has 0 aromatic rings. The second kappa shape index (κ2) is 12.7. The van der Waals surface area contributed by atoms with Gasteiger partial charge in [0.25, 0.3) is 0 Å². The van der Waals surface area contributed by atoms with Crippen molar-refractivity contribution in [2.45, 2.75) is 42.3 Å². The van der Waals surface area contributed by atoms with Crippen molar-refractivity contribution in [3.63, 3.8) is 0 Å². The van der Waals surface area contributed by atoms with Crippen LogP contribution in [0.1, 0.15) is 0 Å². The number of aliphatic carboxylic acids is 1. The lowest BCUT2D eigenvalue weighted by molar-refractivity contribution is -0.842. The van der Waals surface area contributed by atoms with Gasteiger partial charge in [-0.2, -0.15) is 0 Å². The fraction of sp³-hybridized carbons (Fsp3) is 0.520. The van der Waals surface area contributed by atoms with Gasteiger partial charge in [-0.15, -0.1) is 6.58 Å². The summed E-state index contributed by atoms with van der Waals surface area (Å²) in [6, 6.07) is 0. The van der Waals surface area contributed by atoms with E-state index >= 15 is 0 Å². The first-order valence-corrected chi connectivity index (χ1v) is 12.2. The summed E-state index contributed by atoms with van der Waals surface area (Å²) >= 11 is 0. The van der Waals surface area contributed by atoms with Crippen LogP contribution in [-0.2, 0) is 28.5 Å². The summed E-state index contributed by atoms with van der Waals surface area (Å²) in [5.74, 6) is -6.69. The predicted octanol–water partition coefficient (Wildman–Crippen LogP) is -4.59. The maximum absolute atomic E-state index is 12.6. The highest BCUT2D eigenvalue weighted by Crippen LogP contribution is 2.40. The van der Waals surface area contributed by atoms with Crippen molar-refractivity contribution in [1.29, 1.82) is 0 Å². The van der Waals surface area contributed by atoms with Crippen LogP contribution in [0.2, 0.25) is 0 Å². The number of carbonyl (C=O) groups is 2. The zero-order valence-electron chi connectivity index (χ0n) is 21.5. The maximum atomic E-state index is 12.6. The van der Waals surface area contributed by atoms with E-state index < -0.39 is 72.3 Å². The molecule has 1 fully saturated rings. The molecule has 40 heavy (non-hydrogen) atoms. The Balaban J connectivity index is 1.97. The molecule has 15 heteroatoms. The Labute approximate surface area is 228 Å². The third-order valence-corrected chi connectivity index (χ3v) is 6.81. The minimum absolute atomic E-state index is 0.0564. The van der Waals surface area contributed by atoms with Crippen molar-refractivity contribution in [3.8, 4) is 0 Å². The first kappa shape index (κ1) is 31.6. The molecule has 0 bridgehead atoms. The summed E-state index contributed by atoms with van der Waals surface area (Å²) in [7, 11) is 1.07. The van der Waals surface area contributed by atoms with E-state index in [1.807, 2.05) is 0 Å². The number of aliphatic hydroxyl groups excluding tert-OH is 4. The minimum Gasteiger partial charge on any atom is -0.477 e. The number of ether oxygens (including phenoxy) is 4. The third-order valence-electron chi connectivity index (χ3n) is 6.81. The van der Waals surface area contributed by atoms with Crippen LogP contribution in [0.4, 0.5) is 0 Å². The molecule has 8 atom stereocenters. The van der Waals surface area contributed by atoms with Crippen LogP contribution in [0.5, 0.6) is 0 Å². The number of hydrogen-bond donors (Lipinski definition) is 9. The largest absolute Gasteiger partial charge is 0.477 e. The molecule has 3 rings (SSSR count). The number of methoxy groups -OCH3 is 1. The van der Waals surface area contributed by atoms with Crippen LogP contribution in [0, 0.1) is 5.92 Å². The van der Waals surface area contributed by atoms with Gasteiger partial charge in [0.1, 0.15) is 54.5 Å². The molecule has 3 heterocycles. The van der Waals surface area contributed by atoms with Crippen LogP contribution in [0.3, 0.4) is 0 Å². The van der Waals surface area contributed by atoms with Crippen LogP contribution in [0.15, 0.2) is 60.1 Å². The number of rotatable bonds is 10. The molecule has 0 spiro atoms. The zero-order valence-corrected chi connectivity index (χ0v) is 21.5. The van der Waals surface area contributed by atoms with Gasteiger partial charge in [0.15, 0.2) is 12.4 Å². The number of carbonyl (C=O) groups excluding carboxylic acids is 1. The Bertz CT molecular complexity index is 1100. The third kappa shape index (κ3) is 6.18. The molecule has 0 aliphatic carbocycles. The van der Waals surface area contributed by atoms with Gasteiger partial charge in [-0.3, -0.25) is 0 Å². The van der Waals surface area contributed by atoms with E-state index in [1.54, 1.807) is 0 Å². The highest BCUT2D eigenvalue weighted by molar-refractivity contribution is 5.91. The van der Waals surface area contributed by atoms with Crippen molar-refractivity contribution in [3.05, 3.63) is 60.1 Å². The number of carboxylic acid groups (broad SMARTS) is 1. The first-order valence-electron chi connectivity index (χ1n) is 12.2. The van der Waals surface area contributed by atoms with Gasteiger partial charge in [-0.25, -0.2) is 9.59 Å². The smallest absolute Gasteiger partial charge is 0.341 e. The molecule has 1 unspecified atom stereocenters. The lowest BCUT2D eigenvalue weighted by Crippen LogP contribution is -3.08. The number of nitrogens with one attached hydrogen (secondary N) is 1. The molecule has 0 aromatic carbocycles. The standard InChI is InChI=1S/C25H33NO14/c1-3-15-22(40-23-19(30)25(35,36)18(29)17(11-28)39-23)38-12-16(21(33)37-2)24(15,34)5-4-13-8-14(20(31)32)10-26(9-13)6-7-27/h3-5,8,10,12,15,17-19,22-23,27-30,34-36H,1,6-7,9,11H2,2H3,(H,31,32)/p+1/b5-4+/t15-,17+,18+,19-,22-,23-,24+/m0/s1. The number of carboxylic acids is 1. The molecule has 0 saturated carbocycles. The molecule has 15 nitrogen and oxygen atoms in total. The van der Waals surface area contributed by atoms with Crippen molar-refractivity contribution in [2.24, 2.45) is 5.92 Å². The van der Waals surface area contributed by atoms with Gasteiger partial charge in [0, 0.05) is 5.57 Å². The van der Waals surface area contributed by atoms with E-state index in [9.17, 15) is 50.4 Å². The van der Waals surface area contributed by atoms with E-state index in [1.165, 1.54) is 24.4 Å². The van der Waals surface area contributed by atoms with Gasteiger partial charge in [0.2, 0.25) is 12.1 Å². The van der Waals surface area contributed by atoms with Crippen LogP contribution in [0.25, 0.3) is 0 Å². The van der Waals surface area contributed by atoms with Gasteiger partial charge >= 0.3 is 11.9 Å². The van der Waals surface area contributed by atoms with Crippen molar-refractivity contribution < 1.29 is 74.3 Å². The Morgan fingerprint density at radius 3 is 2.48 bits per heavy atom. The van der Waals surface area contributed by atoms with Crippen molar-refractivity contribution >= 4 is 11.9 Å². The number of hydrogen-bond acceptors (Lipinski definition) is 13. The molecule has 0 amide bonds. The summed E-state index contributed by atoms with van der Waals surface area (Å²) in [5, 5.41) is 80.7. The Hall–Kier alpha value is -2.96. The Morgan fingerprint density at radius 2 is 1.90 bits per heavy atom. The highest BCUT2D eigenvalue weighted by Gasteiger charge is 2.57. The predicted molar refractivity (Wildman–Crippen MR) is 130 cm³/mol. The summed E-state index contributed by atoms with van der Waals surface area (Å²) in [6.07, 6.45) is -2.09. The second-order valence-corrected chi connectivity index (χ2v) is 9.41. The lowest BCUT2D eigenvalue weighted by Gasteiger charge is -2.47. The summed E-state index contributed by atoms with van der Waals surface area (Å²) in [5.41, 5.74) is -2.29. The van der Waals surface area contributed by atoms with Gasteiger partial charge in [-0.1, -0.05) is 12.2 Å². The average Bonchev–Trinajstić information content (AvgIpc) is 2.92. The SMILES string of the molecule is C=C[C@H]1[C@H](O[C@@H]2O[C@H](CO)[C@@H](O)C(O)(O)[C@H]2O)OC=C(C(=O)OC)[C@@]1(O)/C=C/C1=CC(C(=O)O)=C[NH+](CCO)C1. The van der Waals surface area contributed by atoms with E-state index in [2.05, 4.69) is 6.58 Å². The van der Waals surface area contributed by atoms with Gasteiger partial charge < -0.3 is 64.7 Å². The van der Waals surface area contributed by atoms with E-state index in [4.69, 9.17) is 18.9 Å². The maximum Gasteiger partial charge on any atom is 0.341 e. The molecule has 9 N–H and O–H groups in total. The lowest BCUT2D eigenvalue weighted by atomic mass is 9.78. The monoisotopic (exact) mass is 572 g/mol. The summed E-state index contributed by atoms with van der Waals surface area (Å²) in [6.45, 7) is 3.01. The molecule has 1 saturated heterocycles. The Kier molecular flexibility index (Phi) is 10.0. The molecule has 0 radical (unpaired) electrons. The average molecular weight is 573 g/mol. The molecule has 3 aliphatic rings. The van der Waals surface area contributed by atoms with E-state index in [0.717, 1.165) is 19.4 Å². The first-order chi connectivity index (χ1) is 18.8. The van der Waals surface area contributed by atoms with Gasteiger partial charge in [0.05, 0.1) is 26.2 Å². The van der Waals surface area contributed by atoms with Gasteiger partial charge in [-0.05, 0) is 12.2 Å².